The molecule has 0 saturated carbocycles. The van der Waals surface area contributed by atoms with Gasteiger partial charge < -0.3 is 69.3 Å². The number of hydrogen-bond donors (Lipinski definition) is 9. The van der Waals surface area contributed by atoms with Gasteiger partial charge in [-0.3, -0.25) is 4.79 Å². The van der Waals surface area contributed by atoms with E-state index in [0.717, 1.165) is 12.1 Å². The third kappa shape index (κ3) is 5.37. The van der Waals surface area contributed by atoms with Crippen molar-refractivity contribution in [2.45, 2.75) is 68.3 Å². The van der Waals surface area contributed by atoms with Crippen molar-refractivity contribution in [3.05, 3.63) is 46.6 Å². The average molecular weight is 595 g/mol. The van der Waals surface area contributed by atoms with Gasteiger partial charge in [0.05, 0.1) is 12.7 Å². The molecule has 15 nitrogen and oxygen atoms in total. The van der Waals surface area contributed by atoms with Crippen molar-refractivity contribution in [1.29, 1.82) is 0 Å². The second-order valence-electron chi connectivity index (χ2n) is 10.1. The van der Waals surface area contributed by atoms with E-state index in [1.807, 2.05) is 0 Å². The van der Waals surface area contributed by atoms with Gasteiger partial charge in [0.1, 0.15) is 64.8 Å². The lowest BCUT2D eigenvalue weighted by Gasteiger charge is -2.45. The van der Waals surface area contributed by atoms with Crippen LogP contribution >= 0.6 is 0 Å². The number of phenolic OH excluding ortho intramolecular Hbond substituents is 3. The summed E-state index contributed by atoms with van der Waals surface area (Å²) >= 11 is 0. The Bertz CT molecular complexity index is 1470. The molecule has 10 atom stereocenters. The molecule has 2 aliphatic heterocycles. The summed E-state index contributed by atoms with van der Waals surface area (Å²) in [7, 11) is 0. The molecule has 9 N–H and O–H groups in total. The quantitative estimate of drug-likeness (QED) is 0.159. The van der Waals surface area contributed by atoms with Gasteiger partial charge in [-0.1, -0.05) is 0 Å². The van der Waals surface area contributed by atoms with Crippen molar-refractivity contribution in [3.63, 3.8) is 0 Å². The summed E-state index contributed by atoms with van der Waals surface area (Å²) in [5.74, 6) is -2.03. The molecule has 5 rings (SSSR count). The maximum Gasteiger partial charge on any atom is 0.239 e. The first-order valence-electron chi connectivity index (χ1n) is 12.9. The van der Waals surface area contributed by atoms with Gasteiger partial charge in [-0.15, -0.1) is 0 Å². The van der Waals surface area contributed by atoms with E-state index < -0.39 is 96.1 Å². The summed E-state index contributed by atoms with van der Waals surface area (Å²) in [6.07, 6.45) is -16.3. The van der Waals surface area contributed by atoms with Crippen LogP contribution in [0.4, 0.5) is 0 Å². The van der Waals surface area contributed by atoms with Crippen LogP contribution in [0.5, 0.6) is 23.0 Å². The van der Waals surface area contributed by atoms with Gasteiger partial charge in [0.25, 0.3) is 0 Å². The highest BCUT2D eigenvalue weighted by molar-refractivity contribution is 5.88. The third-order valence-electron chi connectivity index (χ3n) is 7.21. The predicted octanol–water partition coefficient (Wildman–Crippen LogP) is -1.39. The van der Waals surface area contributed by atoms with Crippen LogP contribution in [0.1, 0.15) is 6.92 Å². The van der Waals surface area contributed by atoms with Gasteiger partial charge in [0.2, 0.25) is 17.5 Å². The zero-order chi connectivity index (χ0) is 30.5. The number of aromatic hydroxyl groups is 3. The molecular weight excluding hydrogens is 564 g/mol. The number of aliphatic hydroxyl groups is 6. The molecule has 2 aliphatic rings. The Labute approximate surface area is 236 Å². The summed E-state index contributed by atoms with van der Waals surface area (Å²) in [6.45, 7) is 0.593. The third-order valence-corrected chi connectivity index (χ3v) is 7.21. The molecule has 0 aliphatic carbocycles. The van der Waals surface area contributed by atoms with Gasteiger partial charge in [-0.05, 0) is 31.2 Å². The van der Waals surface area contributed by atoms with Gasteiger partial charge >= 0.3 is 0 Å². The van der Waals surface area contributed by atoms with E-state index in [1.165, 1.54) is 31.2 Å². The number of rotatable bonds is 6. The van der Waals surface area contributed by atoms with Gasteiger partial charge in [-0.25, -0.2) is 0 Å². The molecule has 0 spiro atoms. The van der Waals surface area contributed by atoms with Crippen LogP contribution in [0.15, 0.2) is 45.6 Å². The Morgan fingerprint density at radius 2 is 1.50 bits per heavy atom. The largest absolute Gasteiger partial charge is 0.508 e. The molecule has 0 amide bonds. The van der Waals surface area contributed by atoms with Crippen molar-refractivity contribution in [2.24, 2.45) is 0 Å². The van der Waals surface area contributed by atoms with Crippen molar-refractivity contribution >= 4 is 11.0 Å². The normalized spacial score (nSPS) is 33.5. The fraction of sp³-hybridized carbons (Fsp3) is 0.444. The first kappa shape index (κ1) is 30.0. The van der Waals surface area contributed by atoms with Gasteiger partial charge in [0, 0.05) is 17.7 Å². The lowest BCUT2D eigenvalue weighted by Crippen LogP contribution is -2.64. The van der Waals surface area contributed by atoms with Crippen molar-refractivity contribution in [2.75, 3.05) is 6.61 Å². The van der Waals surface area contributed by atoms with Crippen LogP contribution in [0.2, 0.25) is 0 Å². The number of fused-ring (bicyclic) bond motifs is 1. The molecule has 228 valence electrons. The van der Waals surface area contributed by atoms with E-state index in [0.29, 0.717) is 0 Å². The molecule has 3 heterocycles. The van der Waals surface area contributed by atoms with Gasteiger partial charge in [0.15, 0.2) is 18.2 Å². The molecule has 0 unspecified atom stereocenters. The fourth-order valence-electron chi connectivity index (χ4n) is 4.87. The van der Waals surface area contributed by atoms with Crippen LogP contribution in [-0.2, 0) is 14.2 Å². The maximum atomic E-state index is 13.7. The Morgan fingerprint density at radius 1 is 0.810 bits per heavy atom. The van der Waals surface area contributed by atoms with Crippen molar-refractivity contribution in [3.8, 4) is 34.3 Å². The Kier molecular flexibility index (Phi) is 8.30. The van der Waals surface area contributed by atoms with E-state index in [1.54, 1.807) is 0 Å². The number of aliphatic hydroxyl groups excluding tert-OH is 6. The zero-order valence-corrected chi connectivity index (χ0v) is 21.9. The molecule has 0 radical (unpaired) electrons. The number of ether oxygens (including phenoxy) is 4. The minimum Gasteiger partial charge on any atom is -0.508 e. The van der Waals surface area contributed by atoms with E-state index in [2.05, 4.69) is 0 Å². The number of benzene rings is 2. The average Bonchev–Trinajstić information content (AvgIpc) is 2.95. The second-order valence-corrected chi connectivity index (χ2v) is 10.1. The summed E-state index contributed by atoms with van der Waals surface area (Å²) in [6, 6.07) is 7.31. The predicted molar refractivity (Wildman–Crippen MR) is 139 cm³/mol. The Hall–Kier alpha value is -3.51. The summed E-state index contributed by atoms with van der Waals surface area (Å²) in [5.41, 5.74) is -0.995. The topological polar surface area (TPSA) is 249 Å². The minimum atomic E-state index is -1.87. The zero-order valence-electron chi connectivity index (χ0n) is 21.9. The molecule has 2 saturated heterocycles. The molecule has 15 heteroatoms. The van der Waals surface area contributed by atoms with Crippen molar-refractivity contribution < 1.29 is 69.3 Å². The van der Waals surface area contributed by atoms with Crippen LogP contribution in [0, 0.1) is 0 Å². The highest BCUT2D eigenvalue weighted by Crippen LogP contribution is 2.38. The second kappa shape index (κ2) is 11.6. The summed E-state index contributed by atoms with van der Waals surface area (Å²) in [4.78, 5) is 13.7. The maximum absolute atomic E-state index is 13.7. The molecule has 1 aromatic heterocycles. The Balaban J connectivity index is 1.60. The van der Waals surface area contributed by atoms with Crippen LogP contribution in [-0.4, -0.2) is 114 Å². The summed E-state index contributed by atoms with van der Waals surface area (Å²) in [5, 5.41) is 91.6. The molecule has 0 bridgehead atoms. The standard InChI is InChI=1S/C27H30O15/c1-9-17(32)20(35)22(37)26(38-9)42-25-21(36)18(33)15(8-28)40-27(25)41-24-19(34)16-13(31)6-12(30)7-14(16)39-23(24)10-2-4-11(29)5-3-10/h2-7,9,15,17-18,20-22,25-33,35-37H,8H2,1H3/t9-,15-,17-,18-,20+,21+,22-,25-,26+,27+/m1/s1. The lowest BCUT2D eigenvalue weighted by atomic mass is 9.97. The highest BCUT2D eigenvalue weighted by Gasteiger charge is 2.51. The van der Waals surface area contributed by atoms with Crippen molar-refractivity contribution in [1.82, 2.24) is 0 Å². The molecule has 3 aromatic rings. The molecular formula is C27H30O15. The number of phenols is 3. The SMILES string of the molecule is C[C@H]1O[C@@H](O[C@H]2[C@H](Oc3c(-c4ccc(O)cc4)oc4cc(O)cc(O)c4c3=O)O[C@H](CO)[C@@H](O)[C@@H]2O)[C@H](O)[C@@H](O)[C@@H]1O. The molecule has 2 fully saturated rings. The first-order valence-corrected chi connectivity index (χ1v) is 12.9. The lowest BCUT2D eigenvalue weighted by molar-refractivity contribution is -0.354. The van der Waals surface area contributed by atoms with E-state index in [4.69, 9.17) is 23.4 Å². The van der Waals surface area contributed by atoms with Crippen LogP contribution in [0.25, 0.3) is 22.3 Å². The van der Waals surface area contributed by atoms with E-state index in [9.17, 15) is 50.8 Å². The number of hydrogen-bond acceptors (Lipinski definition) is 15. The Morgan fingerprint density at radius 3 is 2.17 bits per heavy atom. The summed E-state index contributed by atoms with van der Waals surface area (Å²) < 4.78 is 28.5. The fourth-order valence-corrected chi connectivity index (χ4v) is 4.87. The van der Waals surface area contributed by atoms with Crippen LogP contribution < -0.4 is 10.2 Å². The first-order chi connectivity index (χ1) is 19.9. The smallest absolute Gasteiger partial charge is 0.239 e. The van der Waals surface area contributed by atoms with Gasteiger partial charge in [-0.2, -0.15) is 0 Å². The van der Waals surface area contributed by atoms with Crippen LogP contribution in [0.3, 0.4) is 0 Å². The molecule has 2 aromatic carbocycles. The van der Waals surface area contributed by atoms with E-state index in [-0.39, 0.29) is 22.7 Å². The highest BCUT2D eigenvalue weighted by atomic mass is 16.8. The monoisotopic (exact) mass is 594 g/mol. The van der Waals surface area contributed by atoms with E-state index >= 15 is 0 Å². The molecule has 42 heavy (non-hydrogen) atoms. The minimum absolute atomic E-state index is 0.112.